The SMILES string of the molecule is CC(C)CC(CO)NC(C)c1ccc(S(C)(=O)=O)cc1. The molecule has 2 unspecified atom stereocenters. The van der Waals surface area contributed by atoms with Crippen molar-refractivity contribution in [3.05, 3.63) is 29.8 Å². The molecule has 0 aromatic heterocycles. The van der Waals surface area contributed by atoms with Gasteiger partial charge in [0.2, 0.25) is 0 Å². The highest BCUT2D eigenvalue weighted by atomic mass is 32.2. The highest BCUT2D eigenvalue weighted by Crippen LogP contribution is 2.18. The molecule has 1 aromatic carbocycles. The Morgan fingerprint density at radius 1 is 1.15 bits per heavy atom. The van der Waals surface area contributed by atoms with Gasteiger partial charge in [0.05, 0.1) is 11.5 Å². The number of aliphatic hydroxyl groups excluding tert-OH is 1. The van der Waals surface area contributed by atoms with Crippen molar-refractivity contribution in [2.45, 2.75) is 44.2 Å². The van der Waals surface area contributed by atoms with Crippen molar-refractivity contribution in [2.24, 2.45) is 5.92 Å². The van der Waals surface area contributed by atoms with Crippen LogP contribution in [-0.4, -0.2) is 32.4 Å². The summed E-state index contributed by atoms with van der Waals surface area (Å²) in [6.45, 7) is 6.36. The third kappa shape index (κ3) is 5.23. The Morgan fingerprint density at radius 3 is 2.10 bits per heavy atom. The summed E-state index contributed by atoms with van der Waals surface area (Å²) >= 11 is 0. The van der Waals surface area contributed by atoms with Crippen LogP contribution in [0.2, 0.25) is 0 Å². The molecular weight excluding hydrogens is 274 g/mol. The summed E-state index contributed by atoms with van der Waals surface area (Å²) in [7, 11) is -3.15. The van der Waals surface area contributed by atoms with Gasteiger partial charge in [0, 0.05) is 18.3 Å². The van der Waals surface area contributed by atoms with Crippen LogP contribution in [0.25, 0.3) is 0 Å². The molecular formula is C15H25NO3S. The molecule has 0 aliphatic rings. The highest BCUT2D eigenvalue weighted by molar-refractivity contribution is 7.90. The lowest BCUT2D eigenvalue weighted by molar-refractivity contribution is 0.215. The molecule has 2 atom stereocenters. The molecule has 0 aliphatic carbocycles. The van der Waals surface area contributed by atoms with Crippen molar-refractivity contribution in [3.63, 3.8) is 0 Å². The number of hydrogen-bond acceptors (Lipinski definition) is 4. The van der Waals surface area contributed by atoms with Gasteiger partial charge in [0.25, 0.3) is 0 Å². The van der Waals surface area contributed by atoms with Crippen molar-refractivity contribution < 1.29 is 13.5 Å². The van der Waals surface area contributed by atoms with Crippen LogP contribution >= 0.6 is 0 Å². The lowest BCUT2D eigenvalue weighted by Crippen LogP contribution is -2.35. The fraction of sp³-hybridized carbons (Fsp3) is 0.600. The predicted octanol–water partition coefficient (Wildman–Crippen LogP) is 2.15. The second-order valence-electron chi connectivity index (χ2n) is 5.74. The van der Waals surface area contributed by atoms with E-state index in [0.717, 1.165) is 12.0 Å². The van der Waals surface area contributed by atoms with Crippen molar-refractivity contribution in [1.82, 2.24) is 5.32 Å². The van der Waals surface area contributed by atoms with E-state index < -0.39 is 9.84 Å². The molecule has 114 valence electrons. The summed E-state index contributed by atoms with van der Waals surface area (Å²) in [6.07, 6.45) is 2.11. The maximum absolute atomic E-state index is 11.4. The molecule has 1 rings (SSSR count). The van der Waals surface area contributed by atoms with E-state index in [-0.39, 0.29) is 18.7 Å². The van der Waals surface area contributed by atoms with Crippen LogP contribution in [0.3, 0.4) is 0 Å². The van der Waals surface area contributed by atoms with Gasteiger partial charge >= 0.3 is 0 Å². The largest absolute Gasteiger partial charge is 0.395 e. The van der Waals surface area contributed by atoms with Crippen LogP contribution in [0.5, 0.6) is 0 Å². The number of hydrogen-bond donors (Lipinski definition) is 2. The molecule has 20 heavy (non-hydrogen) atoms. The topological polar surface area (TPSA) is 66.4 Å². The van der Waals surface area contributed by atoms with Gasteiger partial charge in [-0.15, -0.1) is 0 Å². The number of rotatable bonds is 7. The molecule has 0 saturated heterocycles. The summed E-state index contributed by atoms with van der Waals surface area (Å²) < 4.78 is 22.8. The van der Waals surface area contributed by atoms with Gasteiger partial charge in [0.1, 0.15) is 0 Å². The minimum Gasteiger partial charge on any atom is -0.395 e. The lowest BCUT2D eigenvalue weighted by Gasteiger charge is -2.23. The van der Waals surface area contributed by atoms with E-state index in [0.29, 0.717) is 10.8 Å². The van der Waals surface area contributed by atoms with E-state index in [1.807, 2.05) is 19.1 Å². The average molecular weight is 299 g/mol. The van der Waals surface area contributed by atoms with E-state index in [2.05, 4.69) is 19.2 Å². The normalized spacial score (nSPS) is 15.3. The Bertz CT molecular complexity index is 508. The Labute approximate surface area is 122 Å². The summed E-state index contributed by atoms with van der Waals surface area (Å²) in [5.41, 5.74) is 1.01. The number of benzene rings is 1. The fourth-order valence-electron chi connectivity index (χ4n) is 2.22. The summed E-state index contributed by atoms with van der Waals surface area (Å²) in [4.78, 5) is 0.328. The second-order valence-corrected chi connectivity index (χ2v) is 7.75. The predicted molar refractivity (Wildman–Crippen MR) is 81.4 cm³/mol. The van der Waals surface area contributed by atoms with Crippen molar-refractivity contribution in [3.8, 4) is 0 Å². The zero-order chi connectivity index (χ0) is 15.3. The Morgan fingerprint density at radius 2 is 1.70 bits per heavy atom. The van der Waals surface area contributed by atoms with E-state index >= 15 is 0 Å². The van der Waals surface area contributed by atoms with Crippen LogP contribution in [0.15, 0.2) is 29.2 Å². The third-order valence-corrected chi connectivity index (χ3v) is 4.40. The first kappa shape index (κ1) is 17.1. The minimum atomic E-state index is -3.15. The van der Waals surface area contributed by atoms with Gasteiger partial charge in [-0.3, -0.25) is 0 Å². The Kier molecular flexibility index (Phi) is 6.17. The first-order chi connectivity index (χ1) is 9.24. The van der Waals surface area contributed by atoms with Crippen molar-refractivity contribution in [1.29, 1.82) is 0 Å². The Balaban J connectivity index is 2.74. The zero-order valence-electron chi connectivity index (χ0n) is 12.6. The van der Waals surface area contributed by atoms with E-state index in [9.17, 15) is 13.5 Å². The summed E-state index contributed by atoms with van der Waals surface area (Å²) in [5.74, 6) is 0.513. The molecule has 0 spiro atoms. The second kappa shape index (κ2) is 7.20. The molecule has 0 fully saturated rings. The molecule has 0 amide bonds. The monoisotopic (exact) mass is 299 g/mol. The first-order valence-corrected chi connectivity index (χ1v) is 8.80. The van der Waals surface area contributed by atoms with E-state index in [1.165, 1.54) is 6.26 Å². The molecule has 5 heteroatoms. The maximum atomic E-state index is 11.4. The van der Waals surface area contributed by atoms with E-state index in [4.69, 9.17) is 0 Å². The molecule has 0 bridgehead atoms. The molecule has 0 saturated carbocycles. The van der Waals surface area contributed by atoms with Crippen LogP contribution in [0, 0.1) is 5.92 Å². The quantitative estimate of drug-likeness (QED) is 0.809. The van der Waals surface area contributed by atoms with Crippen molar-refractivity contribution >= 4 is 9.84 Å². The highest BCUT2D eigenvalue weighted by Gasteiger charge is 2.15. The molecule has 0 aliphatic heterocycles. The maximum Gasteiger partial charge on any atom is 0.175 e. The van der Waals surface area contributed by atoms with Gasteiger partial charge < -0.3 is 10.4 Å². The lowest BCUT2D eigenvalue weighted by atomic mass is 10.0. The molecule has 1 aromatic rings. The third-order valence-electron chi connectivity index (χ3n) is 3.27. The van der Waals surface area contributed by atoms with Crippen molar-refractivity contribution in [2.75, 3.05) is 12.9 Å². The zero-order valence-corrected chi connectivity index (χ0v) is 13.4. The summed E-state index contributed by atoms with van der Waals surface area (Å²) in [5, 5.41) is 12.8. The van der Waals surface area contributed by atoms with Gasteiger partial charge in [-0.1, -0.05) is 26.0 Å². The number of nitrogens with one attached hydrogen (secondary N) is 1. The number of aliphatic hydroxyl groups is 1. The summed E-state index contributed by atoms with van der Waals surface area (Å²) in [6, 6.07) is 7.01. The van der Waals surface area contributed by atoms with Gasteiger partial charge in [0.15, 0.2) is 9.84 Å². The van der Waals surface area contributed by atoms with Gasteiger partial charge in [-0.25, -0.2) is 8.42 Å². The minimum absolute atomic E-state index is 0.0552. The first-order valence-electron chi connectivity index (χ1n) is 6.91. The molecule has 2 N–H and O–H groups in total. The average Bonchev–Trinajstić information content (AvgIpc) is 2.36. The fourth-order valence-corrected chi connectivity index (χ4v) is 2.85. The Hall–Kier alpha value is -0.910. The molecule has 0 heterocycles. The van der Waals surface area contributed by atoms with Crippen LogP contribution in [0.4, 0.5) is 0 Å². The van der Waals surface area contributed by atoms with Crippen LogP contribution in [-0.2, 0) is 9.84 Å². The van der Waals surface area contributed by atoms with Crippen LogP contribution in [0.1, 0.15) is 38.8 Å². The smallest absolute Gasteiger partial charge is 0.175 e. The standard InChI is InChI=1S/C15H25NO3S/c1-11(2)9-14(10-17)16-12(3)13-5-7-15(8-6-13)20(4,18)19/h5-8,11-12,14,16-17H,9-10H2,1-4H3. The number of sulfone groups is 1. The van der Waals surface area contributed by atoms with Gasteiger partial charge in [-0.2, -0.15) is 0 Å². The molecule has 0 radical (unpaired) electrons. The van der Waals surface area contributed by atoms with Gasteiger partial charge in [-0.05, 0) is 37.0 Å². The molecule has 4 nitrogen and oxygen atoms in total. The van der Waals surface area contributed by atoms with Crippen LogP contribution < -0.4 is 5.32 Å². The van der Waals surface area contributed by atoms with E-state index in [1.54, 1.807) is 12.1 Å².